The van der Waals surface area contributed by atoms with Crippen molar-refractivity contribution in [2.24, 2.45) is 5.92 Å². The van der Waals surface area contributed by atoms with E-state index in [2.05, 4.69) is 20.5 Å². The summed E-state index contributed by atoms with van der Waals surface area (Å²) in [7, 11) is 0. The van der Waals surface area contributed by atoms with Gasteiger partial charge in [-0.3, -0.25) is 24.4 Å². The lowest BCUT2D eigenvalue weighted by molar-refractivity contribution is -0.135. The van der Waals surface area contributed by atoms with Crippen LogP contribution in [-0.4, -0.2) is 93.0 Å². The molecule has 2 heterocycles. The number of hydrogen-bond acceptors (Lipinski definition) is 7. The molecule has 3 aromatic rings. The Morgan fingerprint density at radius 2 is 1.74 bits per heavy atom. The fraction of sp³-hybridized carbons (Fsp3) is 0.472. The molecule has 0 saturated carbocycles. The highest BCUT2D eigenvalue weighted by Crippen LogP contribution is 2.32. The Kier molecular flexibility index (Phi) is 10.8. The standard InChI is InChI=1S/C36H46FN5O4/c1-36(2,3)40-35(46)29-22-41(21-25-12-9-15-38-20-25)16-17-42(29)23-31(44)32(37)28(18-24-10-5-4-6-11-24)34(45)39-33-27-14-8-7-13-26(27)19-30(33)43/h4-15,20,28-33,43-44H,16-19,21-23H2,1-3H3,(H,39,45)(H,40,46)/t28-,29+,30-,31+,32+,33+/m1/s1. The molecule has 1 fully saturated rings. The summed E-state index contributed by atoms with van der Waals surface area (Å²) in [6.07, 6.45) is -0.292. The maximum Gasteiger partial charge on any atom is 0.239 e. The molecule has 0 spiro atoms. The number of hydrogen-bond donors (Lipinski definition) is 4. The van der Waals surface area contributed by atoms with Gasteiger partial charge in [0.05, 0.1) is 24.2 Å². The molecule has 0 bridgehead atoms. The highest BCUT2D eigenvalue weighted by atomic mass is 19.1. The summed E-state index contributed by atoms with van der Waals surface area (Å²) >= 11 is 0. The minimum Gasteiger partial charge on any atom is -0.390 e. The number of rotatable bonds is 11. The van der Waals surface area contributed by atoms with Crippen LogP contribution in [0.5, 0.6) is 0 Å². The van der Waals surface area contributed by atoms with Gasteiger partial charge in [0, 0.05) is 57.1 Å². The van der Waals surface area contributed by atoms with E-state index in [1.165, 1.54) is 0 Å². The predicted molar refractivity (Wildman–Crippen MR) is 174 cm³/mol. The largest absolute Gasteiger partial charge is 0.390 e. The maximum atomic E-state index is 16.5. The average Bonchev–Trinajstić information content (AvgIpc) is 3.34. The maximum absolute atomic E-state index is 16.5. The van der Waals surface area contributed by atoms with E-state index in [1.54, 1.807) is 12.4 Å². The molecule has 246 valence electrons. The lowest BCUT2D eigenvalue weighted by Gasteiger charge is -2.42. The number of pyridine rings is 1. The normalized spacial score (nSPS) is 22.4. The fourth-order valence-corrected chi connectivity index (χ4v) is 6.53. The Morgan fingerprint density at radius 1 is 1.02 bits per heavy atom. The monoisotopic (exact) mass is 631 g/mol. The summed E-state index contributed by atoms with van der Waals surface area (Å²) < 4.78 is 16.5. The van der Waals surface area contributed by atoms with Crippen LogP contribution in [0.1, 0.15) is 49.1 Å². The van der Waals surface area contributed by atoms with Crippen molar-refractivity contribution in [1.82, 2.24) is 25.4 Å². The minimum absolute atomic E-state index is 0.0716. The number of piperazine rings is 1. The van der Waals surface area contributed by atoms with E-state index in [0.717, 1.165) is 22.3 Å². The van der Waals surface area contributed by atoms with Gasteiger partial charge in [0.25, 0.3) is 0 Å². The Labute approximate surface area is 270 Å². The molecule has 9 nitrogen and oxygen atoms in total. The van der Waals surface area contributed by atoms with Crippen molar-refractivity contribution in [3.63, 3.8) is 0 Å². The number of amides is 2. The summed E-state index contributed by atoms with van der Waals surface area (Å²) in [4.78, 5) is 35.5. The highest BCUT2D eigenvalue weighted by molar-refractivity contribution is 5.83. The van der Waals surface area contributed by atoms with Crippen molar-refractivity contribution in [2.75, 3.05) is 26.2 Å². The lowest BCUT2D eigenvalue weighted by atomic mass is 9.90. The van der Waals surface area contributed by atoms with Crippen molar-refractivity contribution >= 4 is 11.8 Å². The predicted octanol–water partition coefficient (Wildman–Crippen LogP) is 2.81. The molecule has 5 rings (SSSR count). The molecule has 0 unspecified atom stereocenters. The number of alkyl halides is 1. The Balaban J connectivity index is 1.32. The van der Waals surface area contributed by atoms with Gasteiger partial charge in [-0.25, -0.2) is 4.39 Å². The first-order valence-electron chi connectivity index (χ1n) is 16.1. The van der Waals surface area contributed by atoms with Crippen LogP contribution >= 0.6 is 0 Å². The third kappa shape index (κ3) is 8.55. The van der Waals surface area contributed by atoms with Gasteiger partial charge in [-0.05, 0) is 55.5 Å². The van der Waals surface area contributed by atoms with E-state index in [4.69, 9.17) is 0 Å². The molecular formula is C36H46FN5O4. The third-order valence-electron chi connectivity index (χ3n) is 8.82. The van der Waals surface area contributed by atoms with Crippen LogP contribution in [0.25, 0.3) is 0 Å². The molecule has 0 radical (unpaired) electrons. The third-order valence-corrected chi connectivity index (χ3v) is 8.82. The molecule has 1 aromatic heterocycles. The summed E-state index contributed by atoms with van der Waals surface area (Å²) in [5, 5.41) is 28.1. The van der Waals surface area contributed by atoms with Gasteiger partial charge >= 0.3 is 0 Å². The number of carbonyl (C=O) groups excluding carboxylic acids is 2. The van der Waals surface area contributed by atoms with Crippen molar-refractivity contribution < 1.29 is 24.2 Å². The number of carbonyl (C=O) groups is 2. The number of nitrogens with zero attached hydrogens (tertiary/aromatic N) is 3. The summed E-state index contributed by atoms with van der Waals surface area (Å²) in [5.74, 6) is -1.98. The summed E-state index contributed by atoms with van der Waals surface area (Å²) in [5.41, 5.74) is 3.07. The highest BCUT2D eigenvalue weighted by Gasteiger charge is 2.41. The zero-order chi connectivity index (χ0) is 32.8. The molecule has 1 saturated heterocycles. The van der Waals surface area contributed by atoms with Crippen LogP contribution in [0.4, 0.5) is 4.39 Å². The van der Waals surface area contributed by atoms with Crippen molar-refractivity contribution in [2.45, 2.75) is 76.2 Å². The number of fused-ring (bicyclic) bond motifs is 1. The van der Waals surface area contributed by atoms with E-state index < -0.39 is 47.8 Å². The number of aliphatic hydroxyl groups excluding tert-OH is 2. The molecule has 10 heteroatoms. The number of halogens is 1. The number of aromatic nitrogens is 1. The van der Waals surface area contributed by atoms with E-state index in [0.29, 0.717) is 32.6 Å². The van der Waals surface area contributed by atoms with Gasteiger partial charge in [0.15, 0.2) is 0 Å². The fourth-order valence-electron chi connectivity index (χ4n) is 6.53. The number of β-amino-alcohol motifs (C(OH)–C–C–N with tert-alkyl or cyclic N) is 1. The van der Waals surface area contributed by atoms with Crippen LogP contribution < -0.4 is 10.6 Å². The second-order valence-corrected chi connectivity index (χ2v) is 13.6. The topological polar surface area (TPSA) is 118 Å². The number of benzene rings is 2. The van der Waals surface area contributed by atoms with E-state index in [9.17, 15) is 19.8 Å². The van der Waals surface area contributed by atoms with Crippen LogP contribution in [0.15, 0.2) is 79.1 Å². The average molecular weight is 632 g/mol. The molecule has 4 N–H and O–H groups in total. The zero-order valence-electron chi connectivity index (χ0n) is 26.8. The molecule has 2 aromatic carbocycles. The molecule has 46 heavy (non-hydrogen) atoms. The van der Waals surface area contributed by atoms with Crippen LogP contribution in [0.3, 0.4) is 0 Å². The van der Waals surface area contributed by atoms with E-state index >= 15 is 4.39 Å². The van der Waals surface area contributed by atoms with E-state index in [-0.39, 0.29) is 18.9 Å². The first-order chi connectivity index (χ1) is 22.0. The van der Waals surface area contributed by atoms with Gasteiger partial charge in [-0.1, -0.05) is 60.7 Å². The van der Waals surface area contributed by atoms with Crippen molar-refractivity contribution in [3.8, 4) is 0 Å². The second-order valence-electron chi connectivity index (χ2n) is 13.6. The van der Waals surface area contributed by atoms with Crippen molar-refractivity contribution in [1.29, 1.82) is 0 Å². The lowest BCUT2D eigenvalue weighted by Crippen LogP contribution is -2.62. The number of aliphatic hydroxyl groups is 2. The Hall–Kier alpha value is -3.70. The summed E-state index contributed by atoms with van der Waals surface area (Å²) in [6.45, 7) is 7.67. The Bertz CT molecular complexity index is 1450. The Morgan fingerprint density at radius 3 is 2.46 bits per heavy atom. The quantitative estimate of drug-likeness (QED) is 0.257. The SMILES string of the molecule is CC(C)(C)NC(=O)[C@@H]1CN(Cc2cccnc2)CCN1C[C@H](O)[C@@H](F)[C@@H](Cc1ccccc1)C(=O)N[C@H]1c2ccccc2C[C@H]1O. The molecular weight excluding hydrogens is 585 g/mol. The van der Waals surface area contributed by atoms with Crippen LogP contribution in [-0.2, 0) is 29.0 Å². The molecule has 1 aliphatic carbocycles. The minimum atomic E-state index is -1.92. The molecule has 2 amide bonds. The van der Waals surface area contributed by atoms with Gasteiger partial charge in [-0.15, -0.1) is 0 Å². The van der Waals surface area contributed by atoms with E-state index in [1.807, 2.05) is 92.4 Å². The first kappa shape index (κ1) is 33.7. The molecule has 6 atom stereocenters. The van der Waals surface area contributed by atoms with Crippen molar-refractivity contribution in [3.05, 3.63) is 101 Å². The molecule has 1 aliphatic heterocycles. The zero-order valence-corrected chi connectivity index (χ0v) is 26.8. The van der Waals surface area contributed by atoms with Crippen LogP contribution in [0.2, 0.25) is 0 Å². The number of nitrogens with one attached hydrogen (secondary N) is 2. The first-order valence-corrected chi connectivity index (χ1v) is 16.1. The smallest absolute Gasteiger partial charge is 0.239 e. The van der Waals surface area contributed by atoms with Crippen LogP contribution in [0, 0.1) is 5.92 Å². The van der Waals surface area contributed by atoms with Gasteiger partial charge in [0.1, 0.15) is 12.2 Å². The summed E-state index contributed by atoms with van der Waals surface area (Å²) in [6, 6.07) is 19.2. The van der Waals surface area contributed by atoms with Gasteiger partial charge < -0.3 is 20.8 Å². The van der Waals surface area contributed by atoms with Gasteiger partial charge in [0.2, 0.25) is 11.8 Å². The van der Waals surface area contributed by atoms with Gasteiger partial charge in [-0.2, -0.15) is 0 Å². The second kappa shape index (κ2) is 14.8. The molecule has 2 aliphatic rings.